The molecule has 2 rings (SSSR count). The van der Waals surface area contributed by atoms with Crippen LogP contribution in [0.5, 0.6) is 0 Å². The van der Waals surface area contributed by atoms with E-state index in [2.05, 4.69) is 31.9 Å². The van der Waals surface area contributed by atoms with Crippen LogP contribution < -0.4 is 0 Å². The Morgan fingerprint density at radius 3 is 2.79 bits per heavy atom. The van der Waals surface area contributed by atoms with Crippen LogP contribution in [0.1, 0.15) is 12.8 Å². The van der Waals surface area contributed by atoms with Crippen LogP contribution in [-0.4, -0.2) is 27.1 Å². The number of halogens is 2. The molecule has 0 spiro atoms. The number of hydrogen-bond acceptors (Lipinski definition) is 3. The molecule has 14 heavy (non-hydrogen) atoms. The summed E-state index contributed by atoms with van der Waals surface area (Å²) < 4.78 is 0.354. The lowest BCUT2D eigenvalue weighted by Crippen LogP contribution is -2.43. The van der Waals surface area contributed by atoms with E-state index in [0.717, 1.165) is 0 Å². The molecule has 0 radical (unpaired) electrons. The molecule has 3 nitrogen and oxygen atoms in total. The molecule has 0 aromatic rings. The second-order valence-electron chi connectivity index (χ2n) is 3.78. The first-order valence-corrected chi connectivity index (χ1v) is 5.95. The second-order valence-corrected chi connectivity index (χ2v) is 5.62. The second kappa shape index (κ2) is 3.25. The molecular formula is C9H8Br2O3. The summed E-state index contributed by atoms with van der Waals surface area (Å²) in [5.74, 6) is -0.411. The molecule has 3 atom stereocenters. The summed E-state index contributed by atoms with van der Waals surface area (Å²) in [4.78, 5) is 22.3. The van der Waals surface area contributed by atoms with E-state index < -0.39 is 10.4 Å². The Morgan fingerprint density at radius 2 is 2.14 bits per heavy atom. The molecule has 0 aromatic heterocycles. The van der Waals surface area contributed by atoms with E-state index in [1.807, 2.05) is 0 Å². The highest BCUT2D eigenvalue weighted by Crippen LogP contribution is 2.45. The minimum absolute atomic E-state index is 0.00759. The van der Waals surface area contributed by atoms with Crippen molar-refractivity contribution < 1.29 is 14.7 Å². The third kappa shape index (κ3) is 1.42. The third-order valence-electron chi connectivity index (χ3n) is 2.79. The van der Waals surface area contributed by atoms with Gasteiger partial charge >= 0.3 is 0 Å². The van der Waals surface area contributed by atoms with Gasteiger partial charge in [0, 0.05) is 18.8 Å². The number of fused-ring (bicyclic) bond motifs is 1. The van der Waals surface area contributed by atoms with E-state index in [4.69, 9.17) is 0 Å². The van der Waals surface area contributed by atoms with Crippen LogP contribution in [0.2, 0.25) is 0 Å². The van der Waals surface area contributed by atoms with Gasteiger partial charge in [-0.1, -0.05) is 15.9 Å². The van der Waals surface area contributed by atoms with E-state index >= 15 is 0 Å². The van der Waals surface area contributed by atoms with Crippen LogP contribution in [0.4, 0.5) is 0 Å². The van der Waals surface area contributed by atoms with E-state index in [-0.39, 0.29) is 30.3 Å². The molecule has 1 fully saturated rings. The molecule has 0 saturated heterocycles. The van der Waals surface area contributed by atoms with E-state index in [0.29, 0.717) is 4.48 Å². The van der Waals surface area contributed by atoms with Crippen molar-refractivity contribution in [1.29, 1.82) is 0 Å². The summed E-state index contributed by atoms with van der Waals surface area (Å²) >= 11 is 6.33. The Labute approximate surface area is 97.8 Å². The molecule has 1 saturated carbocycles. The minimum Gasteiger partial charge on any atom is -0.385 e. The van der Waals surface area contributed by atoms with Crippen LogP contribution in [-0.2, 0) is 9.59 Å². The third-order valence-corrected chi connectivity index (χ3v) is 4.46. The predicted molar refractivity (Wildman–Crippen MR) is 57.4 cm³/mol. The fourth-order valence-electron chi connectivity index (χ4n) is 2.06. The van der Waals surface area contributed by atoms with Crippen molar-refractivity contribution in [3.8, 4) is 0 Å². The normalized spacial score (nSPS) is 42.4. The molecule has 0 aliphatic heterocycles. The van der Waals surface area contributed by atoms with Gasteiger partial charge in [-0.25, -0.2) is 0 Å². The maximum absolute atomic E-state index is 11.5. The summed E-state index contributed by atoms with van der Waals surface area (Å²) in [6.45, 7) is 0. The highest BCUT2D eigenvalue weighted by Gasteiger charge is 2.52. The van der Waals surface area contributed by atoms with Gasteiger partial charge in [-0.2, -0.15) is 0 Å². The molecule has 76 valence electrons. The standard InChI is InChI=1S/C9H8Br2O3/c10-6-3-9(14)2-4(12)1-5(9)7(11)8(6)13/h3,5,7,14H,1-2H2/t5-,7-,9+/m0/s1. The van der Waals surface area contributed by atoms with Gasteiger partial charge in [-0.3, -0.25) is 9.59 Å². The Bertz CT molecular complexity index is 350. The van der Waals surface area contributed by atoms with Crippen molar-refractivity contribution in [2.45, 2.75) is 23.3 Å². The quantitative estimate of drug-likeness (QED) is 0.684. The molecule has 2 aliphatic carbocycles. The van der Waals surface area contributed by atoms with Gasteiger partial charge in [0.15, 0.2) is 5.78 Å². The molecule has 1 N–H and O–H groups in total. The highest BCUT2D eigenvalue weighted by molar-refractivity contribution is 9.12. The van der Waals surface area contributed by atoms with Crippen LogP contribution in [0.15, 0.2) is 10.6 Å². The zero-order chi connectivity index (χ0) is 10.5. The Morgan fingerprint density at radius 1 is 1.50 bits per heavy atom. The average molecular weight is 324 g/mol. The van der Waals surface area contributed by atoms with Gasteiger partial charge in [0.2, 0.25) is 0 Å². The molecule has 0 unspecified atom stereocenters. The van der Waals surface area contributed by atoms with Gasteiger partial charge in [0.05, 0.1) is 14.9 Å². The Kier molecular flexibility index (Phi) is 2.44. The fourth-order valence-corrected chi connectivity index (χ4v) is 3.90. The highest BCUT2D eigenvalue weighted by atomic mass is 79.9. The van der Waals surface area contributed by atoms with E-state index in [1.54, 1.807) is 0 Å². The lowest BCUT2D eigenvalue weighted by atomic mass is 9.82. The number of hydrogen-bond donors (Lipinski definition) is 1. The summed E-state index contributed by atoms with van der Waals surface area (Å²) in [5, 5.41) is 10.1. The smallest absolute Gasteiger partial charge is 0.183 e. The first-order valence-electron chi connectivity index (χ1n) is 4.25. The number of allylic oxidation sites excluding steroid dienone is 1. The zero-order valence-electron chi connectivity index (χ0n) is 7.17. The number of alkyl halides is 1. The molecule has 0 bridgehead atoms. The molecular weight excluding hydrogens is 316 g/mol. The Hall–Kier alpha value is -0.0000000000000000763. The van der Waals surface area contributed by atoms with Crippen molar-refractivity contribution in [3.63, 3.8) is 0 Å². The summed E-state index contributed by atoms with van der Waals surface area (Å²) in [5.41, 5.74) is -1.14. The maximum atomic E-state index is 11.5. The lowest BCUT2D eigenvalue weighted by molar-refractivity contribution is -0.118. The zero-order valence-corrected chi connectivity index (χ0v) is 10.3. The number of carbonyl (C=O) groups excluding carboxylic acids is 2. The SMILES string of the molecule is O=C1C[C@H]2[C@H](Br)C(=O)C(Br)=C[C@]2(O)C1. The van der Waals surface area contributed by atoms with Gasteiger partial charge in [-0.05, 0) is 22.0 Å². The van der Waals surface area contributed by atoms with Crippen molar-refractivity contribution >= 4 is 43.4 Å². The van der Waals surface area contributed by atoms with Crippen molar-refractivity contribution in [2.75, 3.05) is 0 Å². The fraction of sp³-hybridized carbons (Fsp3) is 0.556. The topological polar surface area (TPSA) is 54.4 Å². The van der Waals surface area contributed by atoms with Crippen LogP contribution in [0, 0.1) is 5.92 Å². The number of ketones is 2. The minimum atomic E-state index is -1.14. The Balaban J connectivity index is 2.45. The van der Waals surface area contributed by atoms with E-state index in [9.17, 15) is 14.7 Å². The largest absolute Gasteiger partial charge is 0.385 e. The number of Topliss-reactive ketones (excluding diaryl/α,β-unsaturated/α-hetero) is 2. The van der Waals surface area contributed by atoms with Crippen LogP contribution >= 0.6 is 31.9 Å². The molecule has 0 aromatic carbocycles. The summed E-state index contributed by atoms with van der Waals surface area (Å²) in [6, 6.07) is 0. The van der Waals surface area contributed by atoms with Gasteiger partial charge in [0.25, 0.3) is 0 Å². The molecule has 5 heteroatoms. The van der Waals surface area contributed by atoms with Crippen molar-refractivity contribution in [3.05, 3.63) is 10.6 Å². The van der Waals surface area contributed by atoms with Gasteiger partial charge in [-0.15, -0.1) is 0 Å². The van der Waals surface area contributed by atoms with Crippen LogP contribution in [0.3, 0.4) is 0 Å². The monoisotopic (exact) mass is 322 g/mol. The van der Waals surface area contributed by atoms with Crippen molar-refractivity contribution in [1.82, 2.24) is 0 Å². The molecule has 0 heterocycles. The van der Waals surface area contributed by atoms with E-state index in [1.165, 1.54) is 6.08 Å². The summed E-state index contributed by atoms with van der Waals surface area (Å²) in [6.07, 6.45) is 1.85. The first kappa shape index (κ1) is 10.5. The van der Waals surface area contributed by atoms with Gasteiger partial charge in [0.1, 0.15) is 5.78 Å². The number of aliphatic hydroxyl groups is 1. The molecule has 2 aliphatic rings. The predicted octanol–water partition coefficient (Wildman–Crippen LogP) is 1.32. The van der Waals surface area contributed by atoms with Crippen molar-refractivity contribution in [2.24, 2.45) is 5.92 Å². The van der Waals surface area contributed by atoms with Gasteiger partial charge < -0.3 is 5.11 Å². The first-order chi connectivity index (χ1) is 6.44. The number of carbonyl (C=O) groups is 2. The summed E-state index contributed by atoms with van der Waals surface area (Å²) in [7, 11) is 0. The maximum Gasteiger partial charge on any atom is 0.183 e. The lowest BCUT2D eigenvalue weighted by Gasteiger charge is -2.33. The number of rotatable bonds is 0. The van der Waals surface area contributed by atoms with Crippen LogP contribution in [0.25, 0.3) is 0 Å². The molecule has 0 amide bonds. The average Bonchev–Trinajstić information content (AvgIpc) is 2.37.